The highest BCUT2D eigenvalue weighted by molar-refractivity contribution is 8.05. The number of hydrogen-bond donors (Lipinski definition) is 0. The minimum Gasteiger partial charge on any atom is -0.608 e. The van der Waals surface area contributed by atoms with E-state index in [-0.39, 0.29) is 5.24 Å². The summed E-state index contributed by atoms with van der Waals surface area (Å²) in [6.07, 6.45) is 5.69. The predicted molar refractivity (Wildman–Crippen MR) is 56.6 cm³/mol. The van der Waals surface area contributed by atoms with Gasteiger partial charge in [-0.05, 0) is 32.1 Å². The van der Waals surface area contributed by atoms with Crippen molar-refractivity contribution in [1.29, 1.82) is 0 Å². The molecule has 2 fully saturated rings. The number of piperidine rings is 1. The lowest BCUT2D eigenvalue weighted by atomic mass is 10.1. The Bertz CT molecular complexity index is 212. The molecule has 0 aromatic heterocycles. The van der Waals surface area contributed by atoms with Crippen LogP contribution in [0.15, 0.2) is 0 Å². The first-order valence-electron chi connectivity index (χ1n) is 5.44. The van der Waals surface area contributed by atoms with Crippen LogP contribution in [-0.4, -0.2) is 33.5 Å². The molecule has 1 aliphatic heterocycles. The maximum absolute atomic E-state index is 11.7. The van der Waals surface area contributed by atoms with Crippen LogP contribution in [0.3, 0.4) is 0 Å². The molecule has 2 rings (SSSR count). The van der Waals surface area contributed by atoms with Crippen molar-refractivity contribution < 1.29 is 9.35 Å². The summed E-state index contributed by atoms with van der Waals surface area (Å²) in [5, 5.41) is -0.114. The summed E-state index contributed by atoms with van der Waals surface area (Å²) in [4.78, 5) is 13.5. The van der Waals surface area contributed by atoms with Crippen LogP contribution in [0.2, 0.25) is 0 Å². The van der Waals surface area contributed by atoms with Gasteiger partial charge in [0.25, 0.3) is 0 Å². The van der Waals surface area contributed by atoms with Crippen LogP contribution in [0.1, 0.15) is 32.1 Å². The third kappa shape index (κ3) is 2.64. The van der Waals surface area contributed by atoms with Crippen LogP contribution in [0.25, 0.3) is 0 Å². The van der Waals surface area contributed by atoms with E-state index < -0.39 is 11.2 Å². The first-order valence-corrected chi connectivity index (χ1v) is 6.76. The van der Waals surface area contributed by atoms with E-state index in [9.17, 15) is 9.35 Å². The zero-order valence-corrected chi connectivity index (χ0v) is 9.22. The summed E-state index contributed by atoms with van der Waals surface area (Å²) in [6.45, 7) is 1.63. The topological polar surface area (TPSA) is 43.4 Å². The molecule has 0 aromatic carbocycles. The van der Waals surface area contributed by atoms with Crippen LogP contribution in [0.5, 0.6) is 0 Å². The molecule has 1 amide bonds. The molecule has 1 atom stereocenters. The van der Waals surface area contributed by atoms with Gasteiger partial charge in [-0.1, -0.05) is 0 Å². The second-order valence-electron chi connectivity index (χ2n) is 4.27. The van der Waals surface area contributed by atoms with Crippen LogP contribution < -0.4 is 0 Å². The quantitative estimate of drug-likeness (QED) is 0.659. The van der Waals surface area contributed by atoms with Crippen molar-refractivity contribution in [2.24, 2.45) is 5.92 Å². The van der Waals surface area contributed by atoms with Crippen molar-refractivity contribution in [2.75, 3.05) is 18.8 Å². The number of carbonyl (C=O) groups is 1. The smallest absolute Gasteiger partial charge is 0.429 e. The molecule has 1 aliphatic carbocycles. The van der Waals surface area contributed by atoms with Crippen molar-refractivity contribution in [3.05, 3.63) is 0 Å². The lowest BCUT2D eigenvalue weighted by Gasteiger charge is -2.26. The van der Waals surface area contributed by atoms with Crippen LogP contribution in [0, 0.1) is 5.92 Å². The summed E-state index contributed by atoms with van der Waals surface area (Å²) < 4.78 is 11.6. The minimum absolute atomic E-state index is 0.114. The minimum atomic E-state index is -1.24. The predicted octanol–water partition coefficient (Wildman–Crippen LogP) is 1.75. The first kappa shape index (κ1) is 10.3. The second kappa shape index (κ2) is 4.53. The van der Waals surface area contributed by atoms with Crippen molar-refractivity contribution in [3.8, 4) is 0 Å². The van der Waals surface area contributed by atoms with E-state index in [1.54, 1.807) is 4.90 Å². The maximum atomic E-state index is 11.7. The van der Waals surface area contributed by atoms with Crippen molar-refractivity contribution in [3.63, 3.8) is 0 Å². The third-order valence-corrected chi connectivity index (χ3v) is 4.31. The van der Waals surface area contributed by atoms with E-state index in [1.165, 1.54) is 19.3 Å². The molecule has 0 N–H and O–H groups in total. The zero-order valence-electron chi connectivity index (χ0n) is 8.41. The van der Waals surface area contributed by atoms with Gasteiger partial charge in [-0.25, -0.2) is 4.79 Å². The van der Waals surface area contributed by atoms with Crippen LogP contribution in [-0.2, 0) is 11.2 Å². The number of likely N-dealkylation sites (tertiary alicyclic amines) is 1. The van der Waals surface area contributed by atoms with Gasteiger partial charge in [-0.15, -0.1) is 0 Å². The summed E-state index contributed by atoms with van der Waals surface area (Å²) in [5.41, 5.74) is 0. The Kier molecular flexibility index (Phi) is 3.34. The molecule has 1 unspecified atom stereocenters. The highest BCUT2D eigenvalue weighted by Gasteiger charge is 2.34. The fraction of sp³-hybridized carbons (Fsp3) is 0.900. The average Bonchev–Trinajstić information content (AvgIpc) is 3.02. The molecule has 0 radical (unpaired) electrons. The summed E-state index contributed by atoms with van der Waals surface area (Å²) in [7, 11) is 0. The van der Waals surface area contributed by atoms with Gasteiger partial charge in [0, 0.05) is 30.2 Å². The molecule has 0 spiro atoms. The van der Waals surface area contributed by atoms with Gasteiger partial charge in [0.05, 0.1) is 0 Å². The number of carbonyl (C=O) groups excluding carboxylic acids is 1. The largest absolute Gasteiger partial charge is 0.608 e. The summed E-state index contributed by atoms with van der Waals surface area (Å²) in [6, 6.07) is 0. The molecule has 80 valence electrons. The summed E-state index contributed by atoms with van der Waals surface area (Å²) in [5.74, 6) is 1.18. The Labute approximate surface area is 88.0 Å². The maximum Gasteiger partial charge on any atom is 0.429 e. The monoisotopic (exact) mass is 215 g/mol. The normalized spacial score (nSPS) is 24.8. The molecule has 0 bridgehead atoms. The molecule has 2 aliphatic rings. The van der Waals surface area contributed by atoms with Gasteiger partial charge in [0.15, 0.2) is 0 Å². The fourth-order valence-electron chi connectivity index (χ4n) is 1.79. The lowest BCUT2D eigenvalue weighted by molar-refractivity contribution is 0.208. The molecule has 14 heavy (non-hydrogen) atoms. The van der Waals surface area contributed by atoms with Gasteiger partial charge in [-0.3, -0.25) is 4.90 Å². The lowest BCUT2D eigenvalue weighted by Crippen LogP contribution is -2.40. The van der Waals surface area contributed by atoms with Gasteiger partial charge in [0.1, 0.15) is 5.75 Å². The zero-order chi connectivity index (χ0) is 9.97. The highest BCUT2D eigenvalue weighted by Crippen LogP contribution is 2.31. The number of rotatable bonds is 2. The Morgan fingerprint density at radius 2 is 1.93 bits per heavy atom. The van der Waals surface area contributed by atoms with E-state index in [2.05, 4.69) is 0 Å². The van der Waals surface area contributed by atoms with Gasteiger partial charge in [-0.2, -0.15) is 0 Å². The van der Waals surface area contributed by atoms with Crippen LogP contribution in [0.4, 0.5) is 4.79 Å². The Morgan fingerprint density at radius 3 is 2.50 bits per heavy atom. The third-order valence-electron chi connectivity index (χ3n) is 2.89. The fourth-order valence-corrected chi connectivity index (χ4v) is 3.16. The number of hydrogen-bond acceptors (Lipinski definition) is 2. The molecule has 0 aromatic rings. The number of nitrogens with zero attached hydrogens (tertiary/aromatic N) is 1. The van der Waals surface area contributed by atoms with Gasteiger partial charge < -0.3 is 4.55 Å². The molecule has 1 saturated heterocycles. The van der Waals surface area contributed by atoms with Crippen molar-refractivity contribution in [2.45, 2.75) is 32.1 Å². The molecule has 1 saturated carbocycles. The van der Waals surface area contributed by atoms with Crippen LogP contribution >= 0.6 is 0 Å². The number of amides is 1. The molecule has 3 nitrogen and oxygen atoms in total. The Morgan fingerprint density at radius 1 is 1.29 bits per heavy atom. The Hall–Kier alpha value is -0.220. The SMILES string of the molecule is O=C(N1CCCCC1)[S+]([O-])CC1CC1. The standard InChI is InChI=1S/C10H17NO2S/c12-10(11-6-2-1-3-7-11)14(13)8-9-4-5-9/h9H,1-8H2. The van der Waals surface area contributed by atoms with E-state index in [0.717, 1.165) is 25.9 Å². The van der Waals surface area contributed by atoms with Crippen molar-refractivity contribution in [1.82, 2.24) is 4.90 Å². The first-order chi connectivity index (χ1) is 6.77. The average molecular weight is 215 g/mol. The second-order valence-corrected chi connectivity index (χ2v) is 5.64. The molecular formula is C10H17NO2S. The molecule has 1 heterocycles. The van der Waals surface area contributed by atoms with Gasteiger partial charge in [0.2, 0.25) is 0 Å². The van der Waals surface area contributed by atoms with Gasteiger partial charge >= 0.3 is 5.24 Å². The van der Waals surface area contributed by atoms with E-state index in [1.807, 2.05) is 0 Å². The van der Waals surface area contributed by atoms with E-state index in [4.69, 9.17) is 0 Å². The van der Waals surface area contributed by atoms with E-state index in [0.29, 0.717) is 11.7 Å². The molecular weight excluding hydrogens is 198 g/mol. The molecule has 4 heteroatoms. The van der Waals surface area contributed by atoms with E-state index >= 15 is 0 Å². The highest BCUT2D eigenvalue weighted by atomic mass is 32.2. The van der Waals surface area contributed by atoms with Crippen molar-refractivity contribution >= 4 is 16.4 Å². The summed E-state index contributed by atoms with van der Waals surface area (Å²) >= 11 is -1.24. The Balaban J connectivity index is 1.79.